The molecule has 6 nitrogen and oxygen atoms in total. The Morgan fingerprint density at radius 1 is 0.903 bits per heavy atom. The van der Waals surface area contributed by atoms with Gasteiger partial charge in [-0.3, -0.25) is 0 Å². The zero-order valence-corrected chi connectivity index (χ0v) is 18.6. The summed E-state index contributed by atoms with van der Waals surface area (Å²) in [6.45, 7) is 6.74. The van der Waals surface area contributed by atoms with Crippen LogP contribution in [0.3, 0.4) is 0 Å². The van der Waals surface area contributed by atoms with E-state index in [1.165, 1.54) is 0 Å². The predicted molar refractivity (Wildman–Crippen MR) is 124 cm³/mol. The van der Waals surface area contributed by atoms with E-state index in [0.29, 0.717) is 26.2 Å². The van der Waals surface area contributed by atoms with Gasteiger partial charge >= 0.3 is 0 Å². The first-order chi connectivity index (χ1) is 15.0. The molecule has 0 amide bonds. The van der Waals surface area contributed by atoms with Gasteiger partial charge in [0.05, 0.1) is 25.4 Å². The molecule has 5 N–H and O–H groups in total. The molecule has 3 unspecified atom stereocenters. The Kier molecular flexibility index (Phi) is 8.72. The monoisotopic (exact) mass is 428 g/mol. The molecule has 1 aliphatic rings. The molecular formula is C25H36N2O4. The smallest absolute Gasteiger partial charge is 0.122 e. The van der Waals surface area contributed by atoms with Crippen molar-refractivity contribution in [3.63, 3.8) is 0 Å². The average Bonchev–Trinajstić information content (AvgIpc) is 3.08. The highest BCUT2D eigenvalue weighted by Gasteiger charge is 2.32. The lowest BCUT2D eigenvalue weighted by atomic mass is 9.95. The highest BCUT2D eigenvalue weighted by Crippen LogP contribution is 2.35. The second kappa shape index (κ2) is 11.5. The quantitative estimate of drug-likeness (QED) is 0.411. The fourth-order valence-electron chi connectivity index (χ4n) is 4.12. The van der Waals surface area contributed by atoms with E-state index in [2.05, 4.69) is 31.3 Å². The van der Waals surface area contributed by atoms with Crippen LogP contribution in [0.4, 0.5) is 0 Å². The first-order valence-corrected chi connectivity index (χ1v) is 11.3. The SMILES string of the molecule is Cc1c(OCCCN)cccc1-c1cccc(OCCCNC2CCC(O)C2O)c1C. The first kappa shape index (κ1) is 23.5. The van der Waals surface area contributed by atoms with Crippen LogP contribution in [-0.4, -0.2) is 54.8 Å². The highest BCUT2D eigenvalue weighted by atomic mass is 16.5. The molecule has 0 radical (unpaired) electrons. The van der Waals surface area contributed by atoms with E-state index in [1.807, 2.05) is 24.3 Å². The third kappa shape index (κ3) is 5.98. The third-order valence-electron chi connectivity index (χ3n) is 6.03. The van der Waals surface area contributed by atoms with Crippen LogP contribution in [0.15, 0.2) is 36.4 Å². The molecule has 1 aliphatic carbocycles. The van der Waals surface area contributed by atoms with E-state index in [1.54, 1.807) is 0 Å². The maximum absolute atomic E-state index is 9.91. The Labute approximate surface area is 185 Å². The van der Waals surface area contributed by atoms with Gasteiger partial charge < -0.3 is 30.7 Å². The maximum Gasteiger partial charge on any atom is 0.122 e. The molecule has 0 heterocycles. The normalized spacial score (nSPS) is 20.7. The number of aliphatic hydroxyl groups excluding tert-OH is 2. The number of nitrogens with two attached hydrogens (primary N) is 1. The van der Waals surface area contributed by atoms with Crippen LogP contribution in [0.25, 0.3) is 11.1 Å². The van der Waals surface area contributed by atoms with Crippen molar-refractivity contribution >= 4 is 0 Å². The van der Waals surface area contributed by atoms with Crippen molar-refractivity contribution in [2.45, 2.75) is 57.8 Å². The minimum Gasteiger partial charge on any atom is -0.493 e. The fraction of sp³-hybridized carbons (Fsp3) is 0.520. The summed E-state index contributed by atoms with van der Waals surface area (Å²) >= 11 is 0. The van der Waals surface area contributed by atoms with Crippen molar-refractivity contribution in [2.75, 3.05) is 26.3 Å². The van der Waals surface area contributed by atoms with E-state index in [0.717, 1.165) is 59.6 Å². The molecule has 1 saturated carbocycles. The molecule has 3 rings (SSSR count). The van der Waals surface area contributed by atoms with Gasteiger partial charge in [-0.1, -0.05) is 24.3 Å². The molecule has 31 heavy (non-hydrogen) atoms. The van der Waals surface area contributed by atoms with Crippen LogP contribution in [0.2, 0.25) is 0 Å². The molecule has 0 aromatic heterocycles. The number of hydrogen-bond acceptors (Lipinski definition) is 6. The highest BCUT2D eigenvalue weighted by molar-refractivity contribution is 5.74. The molecular weight excluding hydrogens is 392 g/mol. The van der Waals surface area contributed by atoms with Gasteiger partial charge in [-0.25, -0.2) is 0 Å². The van der Waals surface area contributed by atoms with Crippen LogP contribution < -0.4 is 20.5 Å². The standard InChI is InChI=1S/C25H36N2O4/c1-17-19(7-3-9-23(17)30-15-5-13-26)20-8-4-10-24(18(20)2)31-16-6-14-27-21-11-12-22(28)25(21)29/h3-4,7-10,21-22,25,27-29H,5-6,11-16,26H2,1-2H3. The lowest BCUT2D eigenvalue weighted by molar-refractivity contribution is 0.0301. The lowest BCUT2D eigenvalue weighted by Gasteiger charge is -2.18. The number of hydrogen-bond donors (Lipinski definition) is 4. The third-order valence-corrected chi connectivity index (χ3v) is 6.03. The summed E-state index contributed by atoms with van der Waals surface area (Å²) in [7, 11) is 0. The molecule has 1 fully saturated rings. The average molecular weight is 429 g/mol. The van der Waals surface area contributed by atoms with Gasteiger partial charge in [0.25, 0.3) is 0 Å². The van der Waals surface area contributed by atoms with Crippen molar-refractivity contribution < 1.29 is 19.7 Å². The molecule has 0 spiro atoms. The lowest BCUT2D eigenvalue weighted by Crippen LogP contribution is -2.40. The van der Waals surface area contributed by atoms with Crippen LogP contribution in [0.1, 0.15) is 36.8 Å². The summed E-state index contributed by atoms with van der Waals surface area (Å²) in [6.07, 6.45) is 1.84. The number of benzene rings is 2. The summed E-state index contributed by atoms with van der Waals surface area (Å²) in [5.74, 6) is 1.77. The minimum atomic E-state index is -0.668. The summed E-state index contributed by atoms with van der Waals surface area (Å²) < 4.78 is 12.0. The Balaban J connectivity index is 1.58. The van der Waals surface area contributed by atoms with Crippen molar-refractivity contribution in [3.05, 3.63) is 47.5 Å². The zero-order valence-electron chi connectivity index (χ0n) is 18.6. The van der Waals surface area contributed by atoms with Gasteiger partial charge in [0.1, 0.15) is 11.5 Å². The molecule has 170 valence electrons. The van der Waals surface area contributed by atoms with Crippen molar-refractivity contribution in [2.24, 2.45) is 5.73 Å². The molecule has 2 aromatic carbocycles. The molecule has 0 saturated heterocycles. The van der Waals surface area contributed by atoms with Gasteiger partial charge in [-0.15, -0.1) is 0 Å². The largest absolute Gasteiger partial charge is 0.493 e. The van der Waals surface area contributed by atoms with Gasteiger partial charge in [0.2, 0.25) is 0 Å². The maximum atomic E-state index is 9.91. The number of rotatable bonds is 11. The molecule has 0 aliphatic heterocycles. The predicted octanol–water partition coefficient (Wildman–Crippen LogP) is 2.94. The van der Waals surface area contributed by atoms with Gasteiger partial charge in [0.15, 0.2) is 0 Å². The Hall–Kier alpha value is -2.12. The van der Waals surface area contributed by atoms with E-state index in [-0.39, 0.29) is 6.04 Å². The van der Waals surface area contributed by atoms with Gasteiger partial charge in [0, 0.05) is 6.04 Å². The zero-order chi connectivity index (χ0) is 22.2. The fourth-order valence-corrected chi connectivity index (χ4v) is 4.12. The molecule has 0 bridgehead atoms. The minimum absolute atomic E-state index is 0.0256. The Morgan fingerprint density at radius 2 is 1.48 bits per heavy atom. The van der Waals surface area contributed by atoms with Crippen molar-refractivity contribution in [3.8, 4) is 22.6 Å². The summed E-state index contributed by atoms with van der Waals surface area (Å²) in [5, 5.41) is 22.9. The summed E-state index contributed by atoms with van der Waals surface area (Å²) in [4.78, 5) is 0. The summed E-state index contributed by atoms with van der Waals surface area (Å²) in [6, 6.07) is 12.2. The van der Waals surface area contributed by atoms with Gasteiger partial charge in [-0.05, 0) is 87.0 Å². The van der Waals surface area contributed by atoms with Crippen LogP contribution >= 0.6 is 0 Å². The van der Waals surface area contributed by atoms with Crippen molar-refractivity contribution in [1.82, 2.24) is 5.32 Å². The van der Waals surface area contributed by atoms with Gasteiger partial charge in [-0.2, -0.15) is 0 Å². The molecule has 2 aromatic rings. The number of ether oxygens (including phenoxy) is 2. The van der Waals surface area contributed by atoms with E-state index in [4.69, 9.17) is 15.2 Å². The summed E-state index contributed by atoms with van der Waals surface area (Å²) in [5.41, 5.74) is 10.1. The second-order valence-corrected chi connectivity index (χ2v) is 8.25. The van der Waals surface area contributed by atoms with Crippen LogP contribution in [0.5, 0.6) is 11.5 Å². The first-order valence-electron chi connectivity index (χ1n) is 11.3. The van der Waals surface area contributed by atoms with E-state index in [9.17, 15) is 10.2 Å². The Bertz CT molecular complexity index is 842. The van der Waals surface area contributed by atoms with E-state index >= 15 is 0 Å². The van der Waals surface area contributed by atoms with Crippen molar-refractivity contribution in [1.29, 1.82) is 0 Å². The molecule has 6 heteroatoms. The van der Waals surface area contributed by atoms with Crippen LogP contribution in [0, 0.1) is 13.8 Å². The Morgan fingerprint density at radius 3 is 2.00 bits per heavy atom. The second-order valence-electron chi connectivity index (χ2n) is 8.25. The number of aliphatic hydroxyl groups is 2. The van der Waals surface area contributed by atoms with Crippen LogP contribution in [-0.2, 0) is 0 Å². The number of nitrogens with one attached hydrogen (secondary N) is 1. The van der Waals surface area contributed by atoms with E-state index < -0.39 is 12.2 Å². The topological polar surface area (TPSA) is 97.0 Å². The molecule has 3 atom stereocenters.